The summed E-state index contributed by atoms with van der Waals surface area (Å²) < 4.78 is 0. The second-order valence-electron chi connectivity index (χ2n) is 11.5. The van der Waals surface area contributed by atoms with Crippen LogP contribution in [0, 0.1) is 35.5 Å². The molecule has 1 aromatic carbocycles. The number of hydrogen-bond acceptors (Lipinski definition) is 0. The molecule has 0 aliphatic heterocycles. The Morgan fingerprint density at radius 1 is 1.06 bits per heavy atom. The average molecular weight is 570 g/mol. The average Bonchev–Trinajstić information content (AvgIpc) is 3.34. The quantitative estimate of drug-likeness (QED) is 0.455. The van der Waals surface area contributed by atoms with Crippen molar-refractivity contribution in [3.05, 3.63) is 94.0 Å². The first kappa shape index (κ1) is 27.8. The van der Waals surface area contributed by atoms with Gasteiger partial charge in [-0.25, -0.2) is 12.0 Å². The normalized spacial score (nSPS) is 28.7. The van der Waals surface area contributed by atoms with Gasteiger partial charge in [0.2, 0.25) is 0 Å². The van der Waals surface area contributed by atoms with Crippen LogP contribution < -0.4 is 24.8 Å². The third-order valence-electron chi connectivity index (χ3n) is 8.63. The Morgan fingerprint density at radius 2 is 1.82 bits per heavy atom. The van der Waals surface area contributed by atoms with E-state index < -0.39 is 0 Å². The first-order valence-electron chi connectivity index (χ1n) is 12.4. The molecule has 1 aromatic rings. The van der Waals surface area contributed by atoms with Gasteiger partial charge in [0.15, 0.2) is 0 Å². The van der Waals surface area contributed by atoms with Crippen LogP contribution in [0.2, 0.25) is 0 Å². The van der Waals surface area contributed by atoms with Crippen LogP contribution in [0.4, 0.5) is 0 Å². The van der Waals surface area contributed by atoms with Crippen molar-refractivity contribution < 1.29 is 51.0 Å². The van der Waals surface area contributed by atoms with E-state index in [1.165, 1.54) is 42.4 Å². The molecule has 4 atom stereocenters. The summed E-state index contributed by atoms with van der Waals surface area (Å²) >= 11 is 0. The van der Waals surface area contributed by atoms with Gasteiger partial charge < -0.3 is 24.8 Å². The maximum Gasteiger partial charge on any atom is 3.00 e. The van der Waals surface area contributed by atoms with Gasteiger partial charge in [0, 0.05) is 5.92 Å². The van der Waals surface area contributed by atoms with Gasteiger partial charge in [0.05, 0.1) is 0 Å². The molecule has 0 N–H and O–H groups in total. The molecule has 3 heteroatoms. The van der Waals surface area contributed by atoms with Crippen LogP contribution in [0.25, 0.3) is 5.57 Å². The molecule has 5 aliphatic rings. The SMILES string of the molecule is CC1=CC(C(C)(C)C)=CC1C1CC=CC2=C3C(=C4[CH-]CCCC4C21)Cc1ccccc13.[Cl-].[Cl-].[Zr+3]. The molecule has 0 aromatic heterocycles. The molecular weight excluding hydrogens is 534 g/mol. The molecule has 1 fully saturated rings. The summed E-state index contributed by atoms with van der Waals surface area (Å²) in [6, 6.07) is 9.18. The first-order valence-corrected chi connectivity index (χ1v) is 12.4. The molecule has 177 valence electrons. The van der Waals surface area contributed by atoms with Crippen molar-refractivity contribution >= 4 is 5.57 Å². The Morgan fingerprint density at radius 3 is 2.56 bits per heavy atom. The van der Waals surface area contributed by atoms with Gasteiger partial charge in [-0.2, -0.15) is 5.57 Å². The van der Waals surface area contributed by atoms with Crippen LogP contribution in [-0.2, 0) is 32.6 Å². The van der Waals surface area contributed by atoms with Crippen LogP contribution in [0.1, 0.15) is 64.5 Å². The number of benzene rings is 1. The fourth-order valence-corrected chi connectivity index (χ4v) is 7.18. The Hall–Kier alpha value is -0.747. The van der Waals surface area contributed by atoms with E-state index in [0.29, 0.717) is 23.7 Å². The summed E-state index contributed by atoms with van der Waals surface area (Å²) in [7, 11) is 0. The van der Waals surface area contributed by atoms with Crippen molar-refractivity contribution in [2.24, 2.45) is 29.1 Å². The molecule has 34 heavy (non-hydrogen) atoms. The Balaban J connectivity index is 0.00000108. The molecule has 4 unspecified atom stereocenters. The van der Waals surface area contributed by atoms with Gasteiger partial charge in [-0.05, 0) is 54.1 Å². The summed E-state index contributed by atoms with van der Waals surface area (Å²) in [6.45, 7) is 9.46. The van der Waals surface area contributed by atoms with Gasteiger partial charge in [-0.15, -0.1) is 6.42 Å². The molecule has 5 aliphatic carbocycles. The third kappa shape index (κ3) is 4.33. The van der Waals surface area contributed by atoms with E-state index in [1.807, 2.05) is 0 Å². The van der Waals surface area contributed by atoms with Gasteiger partial charge >= 0.3 is 26.2 Å². The zero-order valence-electron chi connectivity index (χ0n) is 20.8. The van der Waals surface area contributed by atoms with Crippen LogP contribution >= 0.6 is 0 Å². The zero-order valence-corrected chi connectivity index (χ0v) is 24.8. The smallest absolute Gasteiger partial charge is 1.00 e. The topological polar surface area (TPSA) is 0 Å². The number of rotatable bonds is 1. The second kappa shape index (κ2) is 10.3. The van der Waals surface area contributed by atoms with Gasteiger partial charge in [-0.3, -0.25) is 0 Å². The van der Waals surface area contributed by atoms with Crippen LogP contribution in [0.3, 0.4) is 0 Å². The molecule has 1 saturated carbocycles. The van der Waals surface area contributed by atoms with Crippen LogP contribution in [0.15, 0.2) is 76.4 Å². The maximum atomic E-state index is 2.63. The van der Waals surface area contributed by atoms with E-state index in [0.717, 1.165) is 6.42 Å². The zero-order chi connectivity index (χ0) is 21.3. The van der Waals surface area contributed by atoms with Gasteiger partial charge in [-0.1, -0.05) is 104 Å². The van der Waals surface area contributed by atoms with Crippen molar-refractivity contribution in [1.82, 2.24) is 0 Å². The molecule has 0 saturated heterocycles. The summed E-state index contributed by atoms with van der Waals surface area (Å²) in [6.07, 6.45) is 19.1. The van der Waals surface area contributed by atoms with Crippen molar-refractivity contribution in [1.29, 1.82) is 0 Å². The molecular formula is C31H35Cl2Zr. The first-order chi connectivity index (χ1) is 14.9. The van der Waals surface area contributed by atoms with Gasteiger partial charge in [0.25, 0.3) is 0 Å². The second-order valence-corrected chi connectivity index (χ2v) is 11.5. The monoisotopic (exact) mass is 567 g/mol. The van der Waals surface area contributed by atoms with E-state index in [2.05, 4.69) is 82.7 Å². The fourth-order valence-electron chi connectivity index (χ4n) is 7.18. The molecule has 0 heterocycles. The molecule has 0 bridgehead atoms. The van der Waals surface area contributed by atoms with E-state index in [1.54, 1.807) is 27.9 Å². The minimum Gasteiger partial charge on any atom is -1.00 e. The number of hydrogen-bond donors (Lipinski definition) is 0. The minimum atomic E-state index is 0. The van der Waals surface area contributed by atoms with E-state index >= 15 is 0 Å². The molecule has 0 amide bonds. The molecule has 0 nitrogen and oxygen atoms in total. The van der Waals surface area contributed by atoms with E-state index in [9.17, 15) is 0 Å². The van der Waals surface area contributed by atoms with Crippen molar-refractivity contribution in [3.8, 4) is 0 Å². The Labute approximate surface area is 238 Å². The molecule has 6 rings (SSSR count). The largest absolute Gasteiger partial charge is 3.00 e. The minimum absolute atomic E-state index is 0. The standard InChI is InChI=1S/C31H35.2ClH.Zr/c1-19-16-21(31(2,3)4)18-27(19)25-14-9-15-26-29-22-11-6-5-10-20(22)17-28(29)23-12-7-8-13-24(23)30(25)26;;;/h5-6,9-12,15-16,18,24-25,27,30H,7-8,13-14,17H2,1-4H3;2*1H;/q-1;;;+3/p-2. The van der Waals surface area contributed by atoms with Crippen molar-refractivity contribution in [2.75, 3.05) is 0 Å². The predicted molar refractivity (Wildman–Crippen MR) is 131 cm³/mol. The van der Waals surface area contributed by atoms with E-state index in [-0.39, 0.29) is 56.4 Å². The Bertz CT molecular complexity index is 1110. The number of fused-ring (bicyclic) bond motifs is 6. The molecule has 1 radical (unpaired) electrons. The summed E-state index contributed by atoms with van der Waals surface area (Å²) in [5.41, 5.74) is 13.0. The van der Waals surface area contributed by atoms with Crippen LogP contribution in [0.5, 0.6) is 0 Å². The number of halogens is 2. The van der Waals surface area contributed by atoms with Crippen molar-refractivity contribution in [3.63, 3.8) is 0 Å². The molecule has 0 spiro atoms. The summed E-state index contributed by atoms with van der Waals surface area (Å²) in [4.78, 5) is 0. The summed E-state index contributed by atoms with van der Waals surface area (Å²) in [5, 5.41) is 0. The Kier molecular flexibility index (Phi) is 8.45. The summed E-state index contributed by atoms with van der Waals surface area (Å²) in [5.74, 6) is 2.64. The number of allylic oxidation sites excluding steroid dienone is 10. The van der Waals surface area contributed by atoms with E-state index in [4.69, 9.17) is 0 Å². The third-order valence-corrected chi connectivity index (χ3v) is 8.63. The maximum absolute atomic E-state index is 2.63. The fraction of sp³-hybridized carbons (Fsp3) is 0.452. The van der Waals surface area contributed by atoms with Gasteiger partial charge in [0.1, 0.15) is 0 Å². The van der Waals surface area contributed by atoms with Crippen molar-refractivity contribution in [2.45, 2.75) is 59.8 Å². The predicted octanol–water partition coefficient (Wildman–Crippen LogP) is 2.06. The van der Waals surface area contributed by atoms with Crippen LogP contribution in [-0.4, -0.2) is 0 Å².